The molecule has 36 heavy (non-hydrogen) atoms. The molecule has 0 radical (unpaired) electrons. The zero-order valence-electron chi connectivity index (χ0n) is 20.4. The van der Waals surface area contributed by atoms with E-state index in [-0.39, 0.29) is 18.5 Å². The molecule has 0 unspecified atom stereocenters. The van der Waals surface area contributed by atoms with Crippen LogP contribution in [-0.2, 0) is 11.3 Å². The summed E-state index contributed by atoms with van der Waals surface area (Å²) in [5.41, 5.74) is 1.43. The van der Waals surface area contributed by atoms with Gasteiger partial charge in [0.25, 0.3) is 0 Å². The van der Waals surface area contributed by atoms with E-state index in [1.54, 1.807) is 24.4 Å². The lowest BCUT2D eigenvalue weighted by molar-refractivity contribution is 0.106. The van der Waals surface area contributed by atoms with Crippen molar-refractivity contribution < 1.29 is 13.9 Å². The third kappa shape index (κ3) is 7.70. The fourth-order valence-corrected chi connectivity index (χ4v) is 3.68. The molecule has 3 aromatic rings. The van der Waals surface area contributed by atoms with Crippen LogP contribution in [0.2, 0.25) is 0 Å². The predicted molar refractivity (Wildman–Crippen MR) is 138 cm³/mol. The van der Waals surface area contributed by atoms with Crippen LogP contribution < -0.4 is 20.7 Å². The van der Waals surface area contributed by atoms with Crippen LogP contribution in [0.1, 0.15) is 18.4 Å². The molecule has 0 atom stereocenters. The van der Waals surface area contributed by atoms with Crippen LogP contribution in [0, 0.1) is 5.82 Å². The van der Waals surface area contributed by atoms with Gasteiger partial charge in [0.05, 0.1) is 13.3 Å². The van der Waals surface area contributed by atoms with Crippen molar-refractivity contribution in [3.05, 3.63) is 72.7 Å². The Labute approximate surface area is 210 Å². The van der Waals surface area contributed by atoms with Crippen LogP contribution in [0.25, 0.3) is 0 Å². The third-order valence-electron chi connectivity index (χ3n) is 5.64. The first-order valence-corrected chi connectivity index (χ1v) is 12.0. The number of aromatic nitrogens is 3. The Kier molecular flexibility index (Phi) is 9.15. The average Bonchev–Trinajstić information content (AvgIpc) is 2.88. The number of piperidine rings is 1. The molecule has 1 saturated heterocycles. The highest BCUT2D eigenvalue weighted by molar-refractivity contribution is 5.60. The summed E-state index contributed by atoms with van der Waals surface area (Å²) < 4.78 is 25.1. The van der Waals surface area contributed by atoms with Crippen LogP contribution in [0.4, 0.5) is 27.7 Å². The third-order valence-corrected chi connectivity index (χ3v) is 5.64. The van der Waals surface area contributed by atoms with Gasteiger partial charge in [-0.2, -0.15) is 9.97 Å². The first kappa shape index (κ1) is 25.5. The normalized spacial score (nSPS) is 14.4. The number of nitrogens with one attached hydrogen (secondary N) is 3. The van der Waals surface area contributed by atoms with E-state index in [0.29, 0.717) is 42.4 Å². The monoisotopic (exact) mass is 493 g/mol. The van der Waals surface area contributed by atoms with Crippen LogP contribution in [0.5, 0.6) is 5.88 Å². The number of anilines is 4. The van der Waals surface area contributed by atoms with Crippen molar-refractivity contribution in [3.8, 4) is 5.88 Å². The topological polar surface area (TPSA) is 96.5 Å². The van der Waals surface area contributed by atoms with Gasteiger partial charge in [0.2, 0.25) is 11.8 Å². The van der Waals surface area contributed by atoms with Gasteiger partial charge in [-0.15, -0.1) is 6.58 Å². The Balaban J connectivity index is 1.48. The highest BCUT2D eigenvalue weighted by atomic mass is 19.1. The van der Waals surface area contributed by atoms with Gasteiger partial charge < -0.3 is 25.0 Å². The summed E-state index contributed by atoms with van der Waals surface area (Å²) >= 11 is 0. The molecule has 1 aliphatic heterocycles. The summed E-state index contributed by atoms with van der Waals surface area (Å²) in [6.45, 7) is 7.00. The summed E-state index contributed by atoms with van der Waals surface area (Å²) in [6.07, 6.45) is 5.56. The molecular weight excluding hydrogens is 461 g/mol. The van der Waals surface area contributed by atoms with Crippen LogP contribution in [0.3, 0.4) is 0 Å². The number of likely N-dealkylation sites (tertiary alicyclic amines) is 1. The molecule has 1 aliphatic rings. The molecule has 0 aliphatic carbocycles. The van der Waals surface area contributed by atoms with Crippen LogP contribution in [0.15, 0.2) is 61.3 Å². The number of benzene rings is 1. The van der Waals surface area contributed by atoms with Crippen molar-refractivity contribution in [2.45, 2.75) is 25.6 Å². The zero-order valence-corrected chi connectivity index (χ0v) is 20.4. The molecule has 190 valence electrons. The minimum absolute atomic E-state index is 0.154. The smallest absolute Gasteiger partial charge is 0.229 e. The van der Waals surface area contributed by atoms with Crippen molar-refractivity contribution in [1.29, 1.82) is 0 Å². The van der Waals surface area contributed by atoms with E-state index in [1.165, 1.54) is 12.1 Å². The molecular formula is C26H32FN7O2. The van der Waals surface area contributed by atoms with Gasteiger partial charge in [0, 0.05) is 43.1 Å². The number of halogens is 1. The van der Waals surface area contributed by atoms with Crippen molar-refractivity contribution in [2.24, 2.45) is 0 Å². The van der Waals surface area contributed by atoms with Gasteiger partial charge >= 0.3 is 0 Å². The summed E-state index contributed by atoms with van der Waals surface area (Å²) in [4.78, 5) is 16.0. The first-order chi connectivity index (χ1) is 17.6. The maximum atomic E-state index is 13.3. The molecule has 0 saturated carbocycles. The Morgan fingerprint density at radius 2 is 1.92 bits per heavy atom. The second-order valence-electron chi connectivity index (χ2n) is 8.54. The Morgan fingerprint density at radius 3 is 2.69 bits per heavy atom. The molecule has 0 bridgehead atoms. The summed E-state index contributed by atoms with van der Waals surface area (Å²) in [7, 11) is 2.12. The second-order valence-corrected chi connectivity index (χ2v) is 8.54. The Morgan fingerprint density at radius 1 is 1.11 bits per heavy atom. The van der Waals surface area contributed by atoms with Crippen molar-refractivity contribution >= 4 is 23.3 Å². The lowest BCUT2D eigenvalue weighted by Gasteiger charge is -2.29. The van der Waals surface area contributed by atoms with E-state index >= 15 is 0 Å². The molecule has 3 heterocycles. The number of ether oxygens (including phenoxy) is 2. The molecule has 0 spiro atoms. The Bertz CT molecular complexity index is 1120. The highest BCUT2D eigenvalue weighted by Gasteiger charge is 2.18. The summed E-state index contributed by atoms with van der Waals surface area (Å²) in [5.74, 6) is 1.76. The number of hydrogen-bond acceptors (Lipinski definition) is 9. The minimum atomic E-state index is -0.310. The van der Waals surface area contributed by atoms with E-state index in [2.05, 4.69) is 49.4 Å². The van der Waals surface area contributed by atoms with Gasteiger partial charge in [-0.3, -0.25) is 5.32 Å². The molecule has 1 aromatic carbocycles. The molecule has 0 amide bonds. The Hall–Kier alpha value is -3.60. The van der Waals surface area contributed by atoms with Crippen molar-refractivity contribution in [1.82, 2.24) is 25.2 Å². The maximum absolute atomic E-state index is 13.3. The minimum Gasteiger partial charge on any atom is -0.474 e. The fourth-order valence-electron chi connectivity index (χ4n) is 3.68. The van der Waals surface area contributed by atoms with Gasteiger partial charge in [0.15, 0.2) is 0 Å². The predicted octanol–water partition coefficient (Wildman–Crippen LogP) is 4.22. The number of nitrogens with zero attached hydrogens (tertiary/aromatic N) is 4. The molecule has 9 nitrogen and oxygen atoms in total. The van der Waals surface area contributed by atoms with Gasteiger partial charge in [0.1, 0.15) is 23.6 Å². The van der Waals surface area contributed by atoms with Gasteiger partial charge in [-0.1, -0.05) is 12.1 Å². The quantitative estimate of drug-likeness (QED) is 0.195. The first-order valence-electron chi connectivity index (χ1n) is 12.0. The summed E-state index contributed by atoms with van der Waals surface area (Å²) in [5, 5.41) is 9.47. The number of rotatable bonds is 12. The fraction of sp³-hybridized carbons (Fsp3) is 0.346. The lowest BCUT2D eigenvalue weighted by atomic mass is 10.1. The lowest BCUT2D eigenvalue weighted by Crippen LogP contribution is -2.35. The molecule has 1 fully saturated rings. The zero-order chi connectivity index (χ0) is 25.2. The molecule has 2 aromatic heterocycles. The van der Waals surface area contributed by atoms with E-state index in [9.17, 15) is 4.39 Å². The van der Waals surface area contributed by atoms with E-state index < -0.39 is 0 Å². The van der Waals surface area contributed by atoms with Crippen LogP contribution >= 0.6 is 0 Å². The van der Waals surface area contributed by atoms with Gasteiger partial charge in [-0.05, 0) is 50.2 Å². The second kappa shape index (κ2) is 12.9. The maximum Gasteiger partial charge on any atom is 0.229 e. The van der Waals surface area contributed by atoms with E-state index in [0.717, 1.165) is 31.5 Å². The molecule has 10 heteroatoms. The van der Waals surface area contributed by atoms with Crippen LogP contribution in [-0.4, -0.2) is 59.4 Å². The number of hydrogen-bond donors (Lipinski definition) is 3. The summed E-state index contributed by atoms with van der Waals surface area (Å²) in [6, 6.07) is 11.6. The standard InChI is InChI=1S/C26H32FN7O2/c1-3-13-28-18-35-17-19-16-29-26(30-21-9-7-20(27)8-10-21)33-25(19)32-23-5-4-6-24(31-23)36-22-11-14-34(2)15-12-22/h3-10,16,22,28H,1,11-15,17-18H2,2H3,(H2,29,30,31,32,33). The SMILES string of the molecule is C=CCNCOCc1cnc(Nc2ccc(F)cc2)nc1Nc1cccc(OC2CCN(C)CC2)n1. The highest BCUT2D eigenvalue weighted by Crippen LogP contribution is 2.24. The van der Waals surface area contributed by atoms with E-state index in [4.69, 9.17) is 9.47 Å². The molecule has 4 rings (SSSR count). The van der Waals surface area contributed by atoms with Crippen molar-refractivity contribution in [3.63, 3.8) is 0 Å². The average molecular weight is 494 g/mol. The largest absolute Gasteiger partial charge is 0.474 e. The number of pyridine rings is 1. The van der Waals surface area contributed by atoms with E-state index in [1.807, 2.05) is 18.2 Å². The van der Waals surface area contributed by atoms with Gasteiger partial charge in [-0.25, -0.2) is 9.37 Å². The molecule has 3 N–H and O–H groups in total. The van der Waals surface area contributed by atoms with Crippen molar-refractivity contribution in [2.75, 3.05) is 44.0 Å².